The van der Waals surface area contributed by atoms with E-state index in [1.54, 1.807) is 19.1 Å². The minimum Gasteiger partial charge on any atom is -0.508 e. The Bertz CT molecular complexity index is 468. The first-order chi connectivity index (χ1) is 8.97. The summed E-state index contributed by atoms with van der Waals surface area (Å²) in [6, 6.07) is 5.13. The van der Waals surface area contributed by atoms with Gasteiger partial charge in [0.25, 0.3) is 0 Å². The van der Waals surface area contributed by atoms with Gasteiger partial charge in [-0.3, -0.25) is 9.69 Å². The van der Waals surface area contributed by atoms with Crippen LogP contribution in [0.3, 0.4) is 0 Å². The highest BCUT2D eigenvalue weighted by atomic mass is 16.3. The third kappa shape index (κ3) is 3.35. The molecule has 0 saturated carbocycles. The molecule has 1 heterocycles. The second-order valence-electron chi connectivity index (χ2n) is 5.93. The molecule has 0 bridgehead atoms. The molecule has 1 aliphatic rings. The van der Waals surface area contributed by atoms with Gasteiger partial charge in [0.2, 0.25) is 0 Å². The lowest BCUT2D eigenvalue weighted by Gasteiger charge is -2.18. The lowest BCUT2D eigenvalue weighted by atomic mass is 9.95. The first-order valence-corrected chi connectivity index (χ1v) is 7.02. The van der Waals surface area contributed by atoms with Crippen LogP contribution in [0.5, 0.6) is 5.75 Å². The number of carbonyl (C=O) groups excluding carboxylic acids is 1. The Balaban J connectivity index is 2.07. The Hall–Kier alpha value is -1.35. The van der Waals surface area contributed by atoms with Gasteiger partial charge in [-0.1, -0.05) is 13.8 Å². The fraction of sp³-hybridized carbons (Fsp3) is 0.562. The lowest BCUT2D eigenvalue weighted by molar-refractivity contribution is 0.101. The van der Waals surface area contributed by atoms with Crippen molar-refractivity contribution in [3.8, 4) is 5.75 Å². The monoisotopic (exact) mass is 261 g/mol. The second-order valence-corrected chi connectivity index (χ2v) is 5.93. The molecule has 3 heteroatoms. The van der Waals surface area contributed by atoms with Crippen molar-refractivity contribution >= 4 is 5.78 Å². The average Bonchev–Trinajstić information content (AvgIpc) is 2.80. The number of phenols is 1. The van der Waals surface area contributed by atoms with Crippen LogP contribution in [0.25, 0.3) is 0 Å². The normalized spacial score (nSPS) is 20.1. The van der Waals surface area contributed by atoms with E-state index in [1.807, 2.05) is 6.07 Å². The van der Waals surface area contributed by atoms with E-state index in [1.165, 1.54) is 6.42 Å². The van der Waals surface area contributed by atoms with Crippen LogP contribution in [0.1, 0.15) is 43.1 Å². The van der Waals surface area contributed by atoms with Crippen LogP contribution in [-0.4, -0.2) is 28.9 Å². The van der Waals surface area contributed by atoms with Crippen molar-refractivity contribution < 1.29 is 9.90 Å². The highest BCUT2D eigenvalue weighted by Crippen LogP contribution is 2.27. The Morgan fingerprint density at radius 2 is 2.21 bits per heavy atom. The van der Waals surface area contributed by atoms with E-state index < -0.39 is 0 Å². The van der Waals surface area contributed by atoms with Gasteiger partial charge in [-0.25, -0.2) is 0 Å². The molecule has 1 unspecified atom stereocenters. The van der Waals surface area contributed by atoms with Gasteiger partial charge < -0.3 is 5.11 Å². The summed E-state index contributed by atoms with van der Waals surface area (Å²) in [5.74, 6) is 1.79. The molecule has 0 amide bonds. The van der Waals surface area contributed by atoms with Crippen molar-refractivity contribution in [1.82, 2.24) is 4.90 Å². The van der Waals surface area contributed by atoms with Crippen LogP contribution in [0.2, 0.25) is 0 Å². The van der Waals surface area contributed by atoms with E-state index in [4.69, 9.17) is 0 Å². The molecule has 0 radical (unpaired) electrons. The number of Topliss-reactive ketones (excluding diaryl/α,β-unsaturated/α-hetero) is 1. The lowest BCUT2D eigenvalue weighted by Crippen LogP contribution is -2.21. The maximum atomic E-state index is 11.4. The Morgan fingerprint density at radius 3 is 2.79 bits per heavy atom. The zero-order valence-corrected chi connectivity index (χ0v) is 12.0. The maximum absolute atomic E-state index is 11.4. The first-order valence-electron chi connectivity index (χ1n) is 7.02. The largest absolute Gasteiger partial charge is 0.508 e. The first kappa shape index (κ1) is 14.1. The molecular weight excluding hydrogens is 238 g/mol. The quantitative estimate of drug-likeness (QED) is 0.847. The Kier molecular flexibility index (Phi) is 4.25. The highest BCUT2D eigenvalue weighted by Gasteiger charge is 2.25. The number of phenolic OH excluding ortho intramolecular Hbond substituents is 1. The summed E-state index contributed by atoms with van der Waals surface area (Å²) in [6.45, 7) is 8.98. The molecule has 0 aromatic heterocycles. The van der Waals surface area contributed by atoms with Gasteiger partial charge in [-0.15, -0.1) is 0 Å². The maximum Gasteiger partial charge on any atom is 0.159 e. The van der Waals surface area contributed by atoms with Gasteiger partial charge in [0, 0.05) is 24.2 Å². The summed E-state index contributed by atoms with van der Waals surface area (Å²) in [5.41, 5.74) is 1.53. The minimum atomic E-state index is 0.0442. The van der Waals surface area contributed by atoms with Crippen molar-refractivity contribution in [1.29, 1.82) is 0 Å². The van der Waals surface area contributed by atoms with Gasteiger partial charge in [0.15, 0.2) is 5.78 Å². The van der Waals surface area contributed by atoms with Crippen molar-refractivity contribution in [2.75, 3.05) is 13.1 Å². The number of likely N-dealkylation sites (tertiary alicyclic amines) is 1. The fourth-order valence-electron chi connectivity index (χ4n) is 2.72. The zero-order chi connectivity index (χ0) is 14.0. The van der Waals surface area contributed by atoms with Crippen LogP contribution < -0.4 is 0 Å². The minimum absolute atomic E-state index is 0.0442. The van der Waals surface area contributed by atoms with E-state index in [9.17, 15) is 9.90 Å². The zero-order valence-electron chi connectivity index (χ0n) is 12.0. The molecule has 3 nitrogen and oxygen atoms in total. The van der Waals surface area contributed by atoms with Crippen molar-refractivity contribution in [3.05, 3.63) is 29.3 Å². The molecule has 0 aliphatic carbocycles. The average molecular weight is 261 g/mol. The summed E-state index contributed by atoms with van der Waals surface area (Å²) in [4.78, 5) is 13.8. The predicted molar refractivity (Wildman–Crippen MR) is 76.3 cm³/mol. The van der Waals surface area contributed by atoms with Crippen molar-refractivity contribution in [3.63, 3.8) is 0 Å². The second kappa shape index (κ2) is 5.74. The van der Waals surface area contributed by atoms with Crippen LogP contribution in [0.4, 0.5) is 0 Å². The molecule has 104 valence electrons. The number of ketones is 1. The number of nitrogens with zero attached hydrogens (tertiary/aromatic N) is 1. The third-order valence-electron chi connectivity index (χ3n) is 4.13. The standard InChI is InChI=1S/C16H23NO2/c1-11(2)14-6-7-17(9-14)10-15-8-13(12(3)18)4-5-16(15)19/h4-5,8,11,14,19H,6-7,9-10H2,1-3H3. The molecule has 1 aromatic rings. The molecule has 1 atom stereocenters. The van der Waals surface area contributed by atoms with E-state index in [2.05, 4.69) is 18.7 Å². The Labute approximate surface area is 115 Å². The molecule has 1 fully saturated rings. The van der Waals surface area contributed by atoms with Crippen molar-refractivity contribution in [2.45, 2.75) is 33.7 Å². The van der Waals surface area contributed by atoms with Crippen LogP contribution in [0.15, 0.2) is 18.2 Å². The van der Waals surface area contributed by atoms with Gasteiger partial charge in [0.1, 0.15) is 5.75 Å². The molecule has 1 saturated heterocycles. The molecule has 1 aromatic carbocycles. The van der Waals surface area contributed by atoms with Gasteiger partial charge in [0.05, 0.1) is 0 Å². The number of aromatic hydroxyl groups is 1. The summed E-state index contributed by atoms with van der Waals surface area (Å²) in [6.07, 6.45) is 1.23. The van der Waals surface area contributed by atoms with E-state index in [-0.39, 0.29) is 11.5 Å². The molecule has 19 heavy (non-hydrogen) atoms. The smallest absolute Gasteiger partial charge is 0.159 e. The van der Waals surface area contributed by atoms with Gasteiger partial charge in [-0.05, 0) is 49.9 Å². The highest BCUT2D eigenvalue weighted by molar-refractivity contribution is 5.94. The number of rotatable bonds is 4. The number of benzene rings is 1. The van der Waals surface area contributed by atoms with Crippen LogP contribution >= 0.6 is 0 Å². The molecular formula is C16H23NO2. The Morgan fingerprint density at radius 1 is 1.47 bits per heavy atom. The van der Waals surface area contributed by atoms with Crippen LogP contribution in [-0.2, 0) is 6.54 Å². The third-order valence-corrected chi connectivity index (χ3v) is 4.13. The van der Waals surface area contributed by atoms with Gasteiger partial charge >= 0.3 is 0 Å². The SMILES string of the molecule is CC(=O)c1ccc(O)c(CN2CCC(C(C)C)C2)c1. The molecule has 1 N–H and O–H groups in total. The van der Waals surface area contributed by atoms with Gasteiger partial charge in [-0.2, -0.15) is 0 Å². The molecule has 1 aliphatic heterocycles. The number of hydrogen-bond acceptors (Lipinski definition) is 3. The summed E-state index contributed by atoms with van der Waals surface area (Å²) in [7, 11) is 0. The number of hydrogen-bond donors (Lipinski definition) is 1. The fourth-order valence-corrected chi connectivity index (χ4v) is 2.72. The molecule has 2 rings (SSSR count). The predicted octanol–water partition coefficient (Wildman–Crippen LogP) is 3.07. The molecule has 0 spiro atoms. The summed E-state index contributed by atoms with van der Waals surface area (Å²) in [5, 5.41) is 9.91. The topological polar surface area (TPSA) is 40.5 Å². The van der Waals surface area contributed by atoms with E-state index >= 15 is 0 Å². The number of carbonyl (C=O) groups is 1. The van der Waals surface area contributed by atoms with Crippen LogP contribution in [0, 0.1) is 11.8 Å². The van der Waals surface area contributed by atoms with E-state index in [0.717, 1.165) is 31.1 Å². The summed E-state index contributed by atoms with van der Waals surface area (Å²) < 4.78 is 0. The van der Waals surface area contributed by atoms with Crippen molar-refractivity contribution in [2.24, 2.45) is 11.8 Å². The summed E-state index contributed by atoms with van der Waals surface area (Å²) >= 11 is 0. The van der Waals surface area contributed by atoms with E-state index in [0.29, 0.717) is 11.5 Å².